The van der Waals surface area contributed by atoms with Gasteiger partial charge in [-0.2, -0.15) is 0 Å². The lowest BCUT2D eigenvalue weighted by Crippen LogP contribution is -2.42. The maximum absolute atomic E-state index is 12.8. The molecule has 0 aromatic heterocycles. The van der Waals surface area contributed by atoms with E-state index < -0.39 is 24.3 Å². The summed E-state index contributed by atoms with van der Waals surface area (Å²) in [6.07, 6.45) is 0.886. The second-order valence-corrected chi connectivity index (χ2v) is 10.7. The fourth-order valence-electron chi connectivity index (χ4n) is 5.86. The Bertz CT molecular complexity index is 1430. The Labute approximate surface area is 243 Å². The van der Waals surface area contributed by atoms with Gasteiger partial charge in [-0.1, -0.05) is 54.6 Å². The van der Waals surface area contributed by atoms with Crippen LogP contribution in [0.1, 0.15) is 48.3 Å². The van der Waals surface area contributed by atoms with E-state index in [1.807, 2.05) is 66.7 Å². The van der Waals surface area contributed by atoms with Gasteiger partial charge in [0.2, 0.25) is 11.8 Å². The summed E-state index contributed by atoms with van der Waals surface area (Å²) in [5.41, 5.74) is 4.46. The van der Waals surface area contributed by atoms with Gasteiger partial charge >= 0.3 is 12.2 Å². The van der Waals surface area contributed by atoms with E-state index in [1.165, 1.54) is 9.80 Å². The van der Waals surface area contributed by atoms with Crippen LogP contribution in [0.5, 0.6) is 0 Å². The Morgan fingerprint density at radius 2 is 1.12 bits per heavy atom. The predicted molar refractivity (Wildman–Crippen MR) is 158 cm³/mol. The molecule has 10 nitrogen and oxygen atoms in total. The molecule has 5 rings (SSSR count). The van der Waals surface area contributed by atoms with Crippen LogP contribution in [-0.4, -0.2) is 69.2 Å². The molecule has 1 unspecified atom stereocenters. The summed E-state index contributed by atoms with van der Waals surface area (Å²) in [4.78, 5) is 50.7. The zero-order valence-electron chi connectivity index (χ0n) is 23.1. The monoisotopic (exact) mass is 570 g/mol. The number of likely N-dealkylation sites (tertiary alicyclic amines) is 2. The van der Waals surface area contributed by atoms with E-state index in [9.17, 15) is 29.4 Å². The zero-order chi connectivity index (χ0) is 29.6. The average molecular weight is 571 g/mol. The standard InChI is InChI=1S/C32H34N4O6/c37-29(27-8-4-18-35(27)31(39)40)33-24-14-10-21(11-15-24)20-26(22-6-2-1-3-7-22)23-12-16-25(17-13-23)34-30(38)28-9-5-19-36(28)32(41)42/h1-3,6-7,10-17,26-28H,4-5,8-9,18-20H2,(H,33,37)(H,34,38)(H,39,40)(H,41,42)/t26?,27-,28-/m0/s1. The molecule has 2 aliphatic rings. The highest BCUT2D eigenvalue weighted by molar-refractivity contribution is 5.97. The van der Waals surface area contributed by atoms with Gasteiger partial charge in [-0.05, 0) is 73.1 Å². The molecule has 2 saturated heterocycles. The smallest absolute Gasteiger partial charge is 0.407 e. The SMILES string of the molecule is O=C(Nc1ccc(CC(c2ccccc2)c2ccc(NC(=O)[C@@H]3CCCN3C(=O)O)cc2)cc1)[C@@H]1CCCN1C(=O)O. The van der Waals surface area contributed by atoms with Crippen molar-refractivity contribution in [3.05, 3.63) is 95.6 Å². The van der Waals surface area contributed by atoms with Gasteiger partial charge in [0, 0.05) is 30.4 Å². The lowest BCUT2D eigenvalue weighted by Gasteiger charge is -2.22. The second-order valence-electron chi connectivity index (χ2n) is 10.7. The molecule has 10 heteroatoms. The average Bonchev–Trinajstić information content (AvgIpc) is 3.69. The van der Waals surface area contributed by atoms with E-state index in [0.717, 1.165) is 16.7 Å². The Balaban J connectivity index is 1.27. The number of hydrogen-bond donors (Lipinski definition) is 4. The molecule has 0 spiro atoms. The molecule has 0 saturated carbocycles. The largest absolute Gasteiger partial charge is 0.465 e. The van der Waals surface area contributed by atoms with Gasteiger partial charge in [0.25, 0.3) is 0 Å². The third-order valence-electron chi connectivity index (χ3n) is 8.05. The van der Waals surface area contributed by atoms with Gasteiger partial charge in [0.05, 0.1) is 0 Å². The first-order valence-corrected chi connectivity index (χ1v) is 14.1. The molecule has 0 aliphatic carbocycles. The van der Waals surface area contributed by atoms with Gasteiger partial charge in [0.1, 0.15) is 12.1 Å². The minimum Gasteiger partial charge on any atom is -0.465 e. The molecule has 42 heavy (non-hydrogen) atoms. The number of carbonyl (C=O) groups is 4. The number of anilines is 2. The van der Waals surface area contributed by atoms with E-state index >= 15 is 0 Å². The highest BCUT2D eigenvalue weighted by Crippen LogP contribution is 2.30. The number of amides is 4. The van der Waals surface area contributed by atoms with Crippen molar-refractivity contribution in [2.75, 3.05) is 23.7 Å². The van der Waals surface area contributed by atoms with Crippen molar-refractivity contribution in [1.82, 2.24) is 9.80 Å². The van der Waals surface area contributed by atoms with Crippen LogP contribution in [0.4, 0.5) is 21.0 Å². The Morgan fingerprint density at radius 1 is 0.667 bits per heavy atom. The van der Waals surface area contributed by atoms with Crippen molar-refractivity contribution in [2.45, 2.75) is 50.1 Å². The summed E-state index contributed by atoms with van der Waals surface area (Å²) in [6.45, 7) is 0.729. The molecule has 3 aromatic carbocycles. The van der Waals surface area contributed by atoms with Crippen LogP contribution in [0, 0.1) is 0 Å². The number of nitrogens with zero attached hydrogens (tertiary/aromatic N) is 2. The van der Waals surface area contributed by atoms with Gasteiger partial charge in [-0.3, -0.25) is 19.4 Å². The third-order valence-corrected chi connectivity index (χ3v) is 8.05. The van der Waals surface area contributed by atoms with Crippen LogP contribution in [0.3, 0.4) is 0 Å². The molecular weight excluding hydrogens is 536 g/mol. The van der Waals surface area contributed by atoms with Crippen molar-refractivity contribution in [2.24, 2.45) is 0 Å². The van der Waals surface area contributed by atoms with Crippen LogP contribution in [0.15, 0.2) is 78.9 Å². The first kappa shape index (κ1) is 28.7. The molecule has 3 aromatic rings. The maximum Gasteiger partial charge on any atom is 0.407 e. The van der Waals surface area contributed by atoms with Crippen molar-refractivity contribution >= 4 is 35.4 Å². The highest BCUT2D eigenvalue weighted by atomic mass is 16.4. The highest BCUT2D eigenvalue weighted by Gasteiger charge is 2.35. The number of benzene rings is 3. The molecule has 4 N–H and O–H groups in total. The van der Waals surface area contributed by atoms with E-state index in [2.05, 4.69) is 22.8 Å². The Hall–Kier alpha value is -4.86. The number of carboxylic acid groups (broad SMARTS) is 2. The summed E-state index contributed by atoms with van der Waals surface area (Å²) in [7, 11) is 0. The zero-order valence-corrected chi connectivity index (χ0v) is 23.1. The van der Waals surface area contributed by atoms with Crippen LogP contribution in [0.25, 0.3) is 0 Å². The maximum atomic E-state index is 12.8. The Kier molecular flexibility index (Phi) is 8.71. The topological polar surface area (TPSA) is 139 Å². The minimum atomic E-state index is -1.08. The molecule has 0 radical (unpaired) electrons. The van der Waals surface area contributed by atoms with E-state index in [4.69, 9.17) is 0 Å². The Morgan fingerprint density at radius 3 is 1.60 bits per heavy atom. The molecule has 2 aliphatic heterocycles. The van der Waals surface area contributed by atoms with Gasteiger partial charge in [-0.25, -0.2) is 9.59 Å². The molecule has 0 bridgehead atoms. The summed E-state index contributed by atoms with van der Waals surface area (Å²) < 4.78 is 0. The fraction of sp³-hybridized carbons (Fsp3) is 0.312. The van der Waals surface area contributed by atoms with Crippen LogP contribution in [0.2, 0.25) is 0 Å². The quantitative estimate of drug-likeness (QED) is 0.293. The third kappa shape index (κ3) is 6.54. The summed E-state index contributed by atoms with van der Waals surface area (Å²) >= 11 is 0. The van der Waals surface area contributed by atoms with E-state index in [0.29, 0.717) is 56.6 Å². The summed E-state index contributed by atoms with van der Waals surface area (Å²) in [5, 5.41) is 24.4. The normalized spacial score (nSPS) is 18.9. The first-order valence-electron chi connectivity index (χ1n) is 14.1. The van der Waals surface area contributed by atoms with E-state index in [-0.39, 0.29) is 17.7 Å². The molecule has 3 atom stereocenters. The molecule has 2 heterocycles. The van der Waals surface area contributed by atoms with Crippen molar-refractivity contribution in [3.63, 3.8) is 0 Å². The molecular formula is C32H34N4O6. The minimum absolute atomic E-state index is 0.0244. The molecule has 2 fully saturated rings. The number of nitrogens with one attached hydrogen (secondary N) is 2. The van der Waals surface area contributed by atoms with Crippen LogP contribution < -0.4 is 10.6 Å². The van der Waals surface area contributed by atoms with Crippen LogP contribution in [-0.2, 0) is 16.0 Å². The fourth-order valence-corrected chi connectivity index (χ4v) is 5.86. The number of hydrogen-bond acceptors (Lipinski definition) is 4. The van der Waals surface area contributed by atoms with Crippen LogP contribution >= 0.6 is 0 Å². The number of carbonyl (C=O) groups excluding carboxylic acids is 2. The molecule has 218 valence electrons. The predicted octanol–water partition coefficient (Wildman–Crippen LogP) is 5.22. The molecule has 4 amide bonds. The van der Waals surface area contributed by atoms with E-state index in [1.54, 1.807) is 0 Å². The van der Waals surface area contributed by atoms with Gasteiger partial charge in [0.15, 0.2) is 0 Å². The van der Waals surface area contributed by atoms with Crippen molar-refractivity contribution in [3.8, 4) is 0 Å². The lowest BCUT2D eigenvalue weighted by molar-refractivity contribution is -0.120. The second kappa shape index (κ2) is 12.8. The van der Waals surface area contributed by atoms with Crippen molar-refractivity contribution in [1.29, 1.82) is 0 Å². The first-order chi connectivity index (χ1) is 20.3. The summed E-state index contributed by atoms with van der Waals surface area (Å²) in [6, 6.07) is 24.0. The number of rotatable bonds is 8. The summed E-state index contributed by atoms with van der Waals surface area (Å²) in [5.74, 6) is -0.616. The lowest BCUT2D eigenvalue weighted by atomic mass is 9.86. The van der Waals surface area contributed by atoms with Gasteiger partial charge in [-0.15, -0.1) is 0 Å². The van der Waals surface area contributed by atoms with Gasteiger partial charge < -0.3 is 20.8 Å². The van der Waals surface area contributed by atoms with Crippen molar-refractivity contribution < 1.29 is 29.4 Å².